The summed E-state index contributed by atoms with van der Waals surface area (Å²) in [5.41, 5.74) is 1.88. The first kappa shape index (κ1) is 6.27. The standard InChI is InChI=1S/C7H8N4/c1-2-6-3-4-11-7(9-6)5-8-10-11/h3-5H,2H2,1H3. The Hall–Kier alpha value is -1.45. The van der Waals surface area contributed by atoms with Gasteiger partial charge in [0, 0.05) is 11.9 Å². The van der Waals surface area contributed by atoms with Crippen LogP contribution in [0.3, 0.4) is 0 Å². The second kappa shape index (κ2) is 2.30. The van der Waals surface area contributed by atoms with E-state index in [2.05, 4.69) is 22.2 Å². The SMILES string of the molecule is CCc1ccn2nncc2n1. The maximum Gasteiger partial charge on any atom is 0.175 e. The molecule has 0 saturated heterocycles. The van der Waals surface area contributed by atoms with Crippen LogP contribution in [-0.4, -0.2) is 19.8 Å². The highest BCUT2D eigenvalue weighted by atomic mass is 15.4. The van der Waals surface area contributed by atoms with Gasteiger partial charge in [0.05, 0.1) is 6.20 Å². The summed E-state index contributed by atoms with van der Waals surface area (Å²) in [4.78, 5) is 4.29. The Kier molecular flexibility index (Phi) is 1.31. The molecule has 4 heteroatoms. The molecule has 0 N–H and O–H groups in total. The first-order valence-electron chi connectivity index (χ1n) is 3.56. The van der Waals surface area contributed by atoms with E-state index in [1.807, 2.05) is 12.3 Å². The van der Waals surface area contributed by atoms with E-state index < -0.39 is 0 Å². The normalized spacial score (nSPS) is 10.6. The molecular weight excluding hydrogens is 140 g/mol. The molecule has 0 aliphatic rings. The van der Waals surface area contributed by atoms with Crippen molar-refractivity contribution in [2.24, 2.45) is 0 Å². The van der Waals surface area contributed by atoms with Gasteiger partial charge < -0.3 is 0 Å². The molecule has 0 spiro atoms. The Balaban J connectivity index is 2.67. The van der Waals surface area contributed by atoms with Gasteiger partial charge in [-0.25, -0.2) is 9.50 Å². The molecule has 11 heavy (non-hydrogen) atoms. The van der Waals surface area contributed by atoms with E-state index in [9.17, 15) is 0 Å². The van der Waals surface area contributed by atoms with Gasteiger partial charge >= 0.3 is 0 Å². The van der Waals surface area contributed by atoms with Crippen LogP contribution in [0.1, 0.15) is 12.6 Å². The third-order valence-electron chi connectivity index (χ3n) is 1.58. The van der Waals surface area contributed by atoms with Crippen LogP contribution in [0.15, 0.2) is 18.5 Å². The average Bonchev–Trinajstić information content (AvgIpc) is 2.50. The van der Waals surface area contributed by atoms with Gasteiger partial charge in [-0.2, -0.15) is 0 Å². The lowest BCUT2D eigenvalue weighted by molar-refractivity contribution is 0.838. The van der Waals surface area contributed by atoms with E-state index in [-0.39, 0.29) is 0 Å². The summed E-state index contributed by atoms with van der Waals surface area (Å²) in [7, 11) is 0. The fourth-order valence-electron chi connectivity index (χ4n) is 0.962. The van der Waals surface area contributed by atoms with E-state index in [1.54, 1.807) is 10.7 Å². The Morgan fingerprint density at radius 3 is 3.27 bits per heavy atom. The van der Waals surface area contributed by atoms with Crippen LogP contribution in [0.2, 0.25) is 0 Å². The molecule has 0 unspecified atom stereocenters. The summed E-state index contributed by atoms with van der Waals surface area (Å²) in [6.45, 7) is 2.07. The zero-order valence-corrected chi connectivity index (χ0v) is 6.23. The van der Waals surface area contributed by atoms with Crippen LogP contribution in [-0.2, 0) is 6.42 Å². The molecule has 0 bridgehead atoms. The lowest BCUT2D eigenvalue weighted by atomic mass is 10.3. The molecule has 2 aromatic rings. The Bertz CT molecular complexity index is 365. The molecule has 2 rings (SSSR count). The number of nitrogens with zero attached hydrogens (tertiary/aromatic N) is 4. The van der Waals surface area contributed by atoms with Gasteiger partial charge in [0.15, 0.2) is 5.65 Å². The van der Waals surface area contributed by atoms with Crippen LogP contribution < -0.4 is 0 Å². The molecule has 0 saturated carbocycles. The lowest BCUT2D eigenvalue weighted by Crippen LogP contribution is -1.93. The Morgan fingerprint density at radius 2 is 2.45 bits per heavy atom. The van der Waals surface area contributed by atoms with Crippen LogP contribution in [0.4, 0.5) is 0 Å². The third-order valence-corrected chi connectivity index (χ3v) is 1.58. The predicted octanol–water partition coefficient (Wildman–Crippen LogP) is 0.687. The maximum absolute atomic E-state index is 4.29. The zero-order chi connectivity index (χ0) is 7.68. The molecule has 0 aliphatic heterocycles. The van der Waals surface area contributed by atoms with Gasteiger partial charge in [0.25, 0.3) is 0 Å². The molecule has 0 atom stereocenters. The first-order valence-corrected chi connectivity index (χ1v) is 3.56. The van der Waals surface area contributed by atoms with Crippen LogP contribution in [0.25, 0.3) is 5.65 Å². The van der Waals surface area contributed by atoms with Crippen molar-refractivity contribution in [3.8, 4) is 0 Å². The molecule has 0 aromatic carbocycles. The molecular formula is C7H8N4. The van der Waals surface area contributed by atoms with E-state index in [0.717, 1.165) is 17.8 Å². The number of fused-ring (bicyclic) bond motifs is 1. The summed E-state index contributed by atoms with van der Waals surface area (Å²) in [6, 6.07) is 1.95. The summed E-state index contributed by atoms with van der Waals surface area (Å²) in [6.07, 6.45) is 4.47. The molecule has 0 amide bonds. The van der Waals surface area contributed by atoms with Crippen molar-refractivity contribution >= 4 is 5.65 Å². The number of hydrogen-bond acceptors (Lipinski definition) is 3. The largest absolute Gasteiger partial charge is 0.232 e. The van der Waals surface area contributed by atoms with Crippen molar-refractivity contribution in [2.75, 3.05) is 0 Å². The van der Waals surface area contributed by atoms with Gasteiger partial charge in [0.2, 0.25) is 0 Å². The fourth-order valence-corrected chi connectivity index (χ4v) is 0.962. The second-order valence-corrected chi connectivity index (χ2v) is 2.31. The lowest BCUT2D eigenvalue weighted by Gasteiger charge is -1.94. The Morgan fingerprint density at radius 1 is 1.55 bits per heavy atom. The van der Waals surface area contributed by atoms with Crippen molar-refractivity contribution in [3.05, 3.63) is 24.2 Å². The molecule has 0 fully saturated rings. The maximum atomic E-state index is 4.29. The smallest absolute Gasteiger partial charge is 0.175 e. The summed E-state index contributed by atoms with van der Waals surface area (Å²) < 4.78 is 1.65. The number of aromatic nitrogens is 4. The van der Waals surface area contributed by atoms with Crippen LogP contribution in [0, 0.1) is 0 Å². The van der Waals surface area contributed by atoms with Crippen molar-refractivity contribution in [2.45, 2.75) is 13.3 Å². The molecule has 0 radical (unpaired) electrons. The van der Waals surface area contributed by atoms with Crippen molar-refractivity contribution in [1.29, 1.82) is 0 Å². The van der Waals surface area contributed by atoms with Gasteiger partial charge in [-0.3, -0.25) is 0 Å². The topological polar surface area (TPSA) is 43.1 Å². The molecule has 0 aliphatic carbocycles. The van der Waals surface area contributed by atoms with Gasteiger partial charge in [-0.1, -0.05) is 12.1 Å². The molecule has 2 aromatic heterocycles. The minimum absolute atomic E-state index is 0.810. The second-order valence-electron chi connectivity index (χ2n) is 2.31. The quantitative estimate of drug-likeness (QED) is 0.597. The Labute approximate surface area is 63.9 Å². The third kappa shape index (κ3) is 0.960. The molecule has 2 heterocycles. The summed E-state index contributed by atoms with van der Waals surface area (Å²) >= 11 is 0. The molecule has 4 nitrogen and oxygen atoms in total. The van der Waals surface area contributed by atoms with Gasteiger partial charge in [-0.15, -0.1) is 5.10 Å². The van der Waals surface area contributed by atoms with Gasteiger partial charge in [0.1, 0.15) is 0 Å². The predicted molar refractivity (Wildman–Crippen MR) is 40.2 cm³/mol. The van der Waals surface area contributed by atoms with Crippen LogP contribution in [0.5, 0.6) is 0 Å². The van der Waals surface area contributed by atoms with Crippen molar-refractivity contribution < 1.29 is 0 Å². The van der Waals surface area contributed by atoms with Crippen molar-refractivity contribution in [1.82, 2.24) is 19.8 Å². The zero-order valence-electron chi connectivity index (χ0n) is 6.23. The summed E-state index contributed by atoms with van der Waals surface area (Å²) in [5.74, 6) is 0. The van der Waals surface area contributed by atoms with E-state index >= 15 is 0 Å². The highest BCUT2D eigenvalue weighted by Gasteiger charge is 1.95. The van der Waals surface area contributed by atoms with E-state index in [4.69, 9.17) is 0 Å². The van der Waals surface area contributed by atoms with Crippen LogP contribution >= 0.6 is 0 Å². The fraction of sp³-hybridized carbons (Fsp3) is 0.286. The average molecular weight is 148 g/mol. The first-order chi connectivity index (χ1) is 5.40. The van der Waals surface area contributed by atoms with E-state index in [1.165, 1.54) is 0 Å². The number of rotatable bonds is 1. The minimum Gasteiger partial charge on any atom is -0.232 e. The minimum atomic E-state index is 0.810. The monoisotopic (exact) mass is 148 g/mol. The van der Waals surface area contributed by atoms with E-state index in [0.29, 0.717) is 0 Å². The highest BCUT2D eigenvalue weighted by molar-refractivity contribution is 5.33. The highest BCUT2D eigenvalue weighted by Crippen LogP contribution is 1.98. The van der Waals surface area contributed by atoms with Crippen molar-refractivity contribution in [3.63, 3.8) is 0 Å². The van der Waals surface area contributed by atoms with Gasteiger partial charge in [-0.05, 0) is 12.5 Å². The molecule has 56 valence electrons. The number of aryl methyl sites for hydroxylation is 1. The summed E-state index contributed by atoms with van der Waals surface area (Å²) in [5, 5.41) is 7.53. The number of hydrogen-bond donors (Lipinski definition) is 0.